The number of aliphatic imine (C=N–C) groups is 4. The molecule has 6 heterocycles. The van der Waals surface area contributed by atoms with Crippen LogP contribution in [0.15, 0.2) is 96.1 Å². The van der Waals surface area contributed by atoms with Gasteiger partial charge in [-0.05, 0) is 70.2 Å². The fraction of sp³-hybridized carbons (Fsp3) is 0.431. The predicted octanol–water partition coefficient (Wildman–Crippen LogP) is 8.15. The first-order chi connectivity index (χ1) is 35.7. The van der Waals surface area contributed by atoms with Gasteiger partial charge in [-0.1, -0.05) is 80.5 Å². The summed E-state index contributed by atoms with van der Waals surface area (Å²) in [6, 6.07) is 9.87. The van der Waals surface area contributed by atoms with Gasteiger partial charge in [0.05, 0.1) is 16.3 Å². The summed E-state index contributed by atoms with van der Waals surface area (Å²) in [6.45, 7) is 20.6. The van der Waals surface area contributed by atoms with Crippen LogP contribution in [-0.2, 0) is 122 Å². The number of benzene rings is 1. The zero-order valence-corrected chi connectivity index (χ0v) is 59.2. The predicted molar refractivity (Wildman–Crippen MR) is 289 cm³/mol. The van der Waals surface area contributed by atoms with Gasteiger partial charge in [-0.15, -0.1) is 11.3 Å². The molecule has 442 valence electrons. The van der Waals surface area contributed by atoms with Crippen LogP contribution < -0.4 is 0 Å². The minimum Gasteiger partial charge on any atom is -0.620 e. The molecular formula is C51H65Al2FIr4N8O13S. The third kappa shape index (κ3) is 25.1. The standard InChI is InChI=1S/C13H14N2O2.C9H13NO2.C8H10FNO2.C8H12N2O2.C7H9NO3.C6H7NO2S.2Al.4Ir.2H/c1-2-6-12-14-11(13(16)17)9-15(12)10-7-4-3-5-8-10;1-4-7-9(2,3)5-6(10-7)8(11)12;1-8(2)3-5(7(11)12)10-6(8)4-9;1-4-5-8(2,3)10-6(9-5)7(11)12;1-2-3-6-8-5(4-11-6)7(9)10;1-2-5-7-4(3-10-5)6(8)9;;;;;;;;/h3-5,7-9H,2,6H2,1H3,(H,16,17);5H,4H2,1-3H3,(H,11,12);3H,4H2,1-2H3,(H,11,12);4H2,1-3H3,(H,11,12);4H,2-3H2,1H3,(H,9,10);3H,2H2,1H3,(H,8,9);;;;;;;;/q;;;;;;2*+1;;;;;;/p-2. The van der Waals surface area contributed by atoms with Crippen molar-refractivity contribution in [1.29, 1.82) is 0 Å². The quantitative estimate of drug-likeness (QED) is 0.0816. The number of allylic oxidation sites excluding steroid dienone is 2. The van der Waals surface area contributed by atoms with E-state index in [1.165, 1.54) is 28.0 Å². The first-order valence-electron chi connectivity index (χ1n) is 23.9. The molecule has 3 aliphatic rings. The largest absolute Gasteiger partial charge is 0.620 e. The molecule has 0 amide bonds. The minimum absolute atomic E-state index is 0. The smallest absolute Gasteiger partial charge is 0.497 e. The van der Waals surface area contributed by atoms with E-state index >= 15 is 0 Å². The van der Waals surface area contributed by atoms with Crippen molar-refractivity contribution in [2.45, 2.75) is 127 Å². The maximum absolute atomic E-state index is 12.4. The van der Waals surface area contributed by atoms with Crippen molar-refractivity contribution in [2.24, 2.45) is 30.8 Å². The maximum Gasteiger partial charge on any atom is 0.497 e. The summed E-state index contributed by atoms with van der Waals surface area (Å²) in [4.78, 5) is 92.0. The molecular weight excluding hydrogens is 1810 g/mol. The van der Waals surface area contributed by atoms with Gasteiger partial charge in [0.2, 0.25) is 5.84 Å². The molecule has 0 spiro atoms. The van der Waals surface area contributed by atoms with Gasteiger partial charge in [-0.3, -0.25) is 0 Å². The number of carbonyl (C=O) groups excluding carboxylic acids is 2. The normalized spacial score (nSPS) is 14.1. The summed E-state index contributed by atoms with van der Waals surface area (Å²) in [7, 11) is 0. The van der Waals surface area contributed by atoms with Crippen LogP contribution >= 0.6 is 11.3 Å². The number of alkyl halides is 1. The van der Waals surface area contributed by atoms with Gasteiger partial charge in [-0.25, -0.2) is 68.1 Å². The number of carboxylic acids is 4. The van der Waals surface area contributed by atoms with Crippen LogP contribution in [0.2, 0.25) is 0 Å². The molecule has 6 radical (unpaired) electrons. The zero-order valence-electron chi connectivity index (χ0n) is 46.0. The van der Waals surface area contributed by atoms with E-state index in [2.05, 4.69) is 45.6 Å². The summed E-state index contributed by atoms with van der Waals surface area (Å²) < 4.78 is 28.5. The number of imidazole rings is 1. The second kappa shape index (κ2) is 38.6. The van der Waals surface area contributed by atoms with Gasteiger partial charge in [0.25, 0.3) is 0 Å². The topological polar surface area (TPSA) is 308 Å². The molecule has 0 bridgehead atoms. The van der Waals surface area contributed by atoms with Crippen molar-refractivity contribution in [3.63, 3.8) is 0 Å². The molecule has 0 fully saturated rings. The Hall–Kier alpha value is -4.16. The number of amidine groups is 1. The van der Waals surface area contributed by atoms with E-state index in [0.29, 0.717) is 23.7 Å². The number of aryl methyl sites for hydroxylation is 3. The number of thiazole rings is 1. The van der Waals surface area contributed by atoms with Crippen LogP contribution in [0.3, 0.4) is 0 Å². The fourth-order valence-electron chi connectivity index (χ4n) is 6.86. The number of nitrogens with zero attached hydrogens (tertiary/aromatic N) is 8. The molecule has 0 atom stereocenters. The number of rotatable bonds is 15. The Balaban J connectivity index is -0.000000890. The average molecular weight is 1870 g/mol. The Kier molecular flexibility index (Phi) is 38.6. The van der Waals surface area contributed by atoms with Gasteiger partial charge in [-0.2, -0.15) is 0 Å². The van der Waals surface area contributed by atoms with E-state index in [0.717, 1.165) is 89.4 Å². The van der Waals surface area contributed by atoms with E-state index in [9.17, 15) is 33.2 Å². The SMILES string of the molecule is CC1(C)C=C(C(=O)[O][AlH])N=C1CF.CCC1=NC(C(=O)O)=CC1(C)C.CCC1=NC(C(=O)O)=NC1(C)C.CCCc1nc(C(=O)O)co1.CCCc1nc(C(=O)[O][AlH])cn1-c1ccccc1.CCc1nc(C(=O)O)cs1.[Ir].[Ir].[Ir].[Ir]. The number of oxazole rings is 1. The number of hydrogen-bond acceptors (Lipinski definition) is 17. The Morgan fingerprint density at radius 1 is 0.637 bits per heavy atom. The maximum atomic E-state index is 12.4. The number of carboxylic acid groups (broad SMARTS) is 4. The average Bonchev–Trinajstić information content (AvgIpc) is 4.26. The fourth-order valence-corrected chi connectivity index (χ4v) is 7.87. The first kappa shape index (κ1) is 80.1. The van der Waals surface area contributed by atoms with E-state index in [1.807, 2.05) is 104 Å². The van der Waals surface area contributed by atoms with Crippen molar-refractivity contribution >= 4 is 103 Å². The molecule has 4 N–H and O–H groups in total. The van der Waals surface area contributed by atoms with Gasteiger partial charge >= 0.3 is 69.1 Å². The molecule has 3 aromatic heterocycles. The van der Waals surface area contributed by atoms with Gasteiger partial charge in [0, 0.05) is 133 Å². The Bertz CT molecular complexity index is 2830. The van der Waals surface area contributed by atoms with Crippen LogP contribution in [0.25, 0.3) is 5.69 Å². The summed E-state index contributed by atoms with van der Waals surface area (Å²) in [5.74, 6) is -3.57. The molecule has 0 unspecified atom stereocenters. The molecule has 29 heteroatoms. The number of hydrogen-bond donors (Lipinski definition) is 4. The molecule has 1 aromatic carbocycles. The number of aliphatic carboxylic acids is 2. The molecule has 7 rings (SSSR count). The number of aromatic carboxylic acids is 2. The number of halogens is 1. The van der Waals surface area contributed by atoms with E-state index in [-0.39, 0.29) is 120 Å². The van der Waals surface area contributed by atoms with Crippen LogP contribution in [0.1, 0.15) is 150 Å². The van der Waals surface area contributed by atoms with Crippen molar-refractivity contribution in [1.82, 2.24) is 19.5 Å². The van der Waals surface area contributed by atoms with Crippen molar-refractivity contribution < 1.29 is 146 Å². The Labute approximate surface area is 539 Å². The van der Waals surface area contributed by atoms with Crippen LogP contribution in [0.5, 0.6) is 0 Å². The molecule has 0 aliphatic carbocycles. The Morgan fingerprint density at radius 2 is 1.18 bits per heavy atom. The second-order valence-electron chi connectivity index (χ2n) is 18.0. The summed E-state index contributed by atoms with van der Waals surface area (Å²) >= 11 is 3.64. The van der Waals surface area contributed by atoms with Crippen molar-refractivity contribution in [2.75, 3.05) is 6.67 Å². The van der Waals surface area contributed by atoms with Crippen molar-refractivity contribution in [3.8, 4) is 5.69 Å². The number of para-hydroxylation sites is 1. The molecule has 21 nitrogen and oxygen atoms in total. The summed E-state index contributed by atoms with van der Waals surface area (Å²) in [6.07, 6.45) is 12.0. The molecule has 0 saturated carbocycles. The monoisotopic (exact) mass is 1870 g/mol. The molecule has 4 aromatic rings. The second-order valence-corrected chi connectivity index (χ2v) is 19.5. The van der Waals surface area contributed by atoms with Crippen LogP contribution in [0.4, 0.5) is 4.39 Å². The zero-order chi connectivity index (χ0) is 57.6. The van der Waals surface area contributed by atoms with Crippen LogP contribution in [0, 0.1) is 10.8 Å². The Morgan fingerprint density at radius 3 is 1.55 bits per heavy atom. The first-order valence-corrected chi connectivity index (χ1v) is 26.0. The van der Waals surface area contributed by atoms with E-state index < -0.39 is 47.5 Å². The number of aromatic nitrogens is 4. The van der Waals surface area contributed by atoms with Gasteiger partial charge in [0.1, 0.15) is 30.2 Å². The van der Waals surface area contributed by atoms with E-state index in [1.54, 1.807) is 23.7 Å². The van der Waals surface area contributed by atoms with Crippen LogP contribution in [-0.4, -0.2) is 144 Å². The molecule has 80 heavy (non-hydrogen) atoms. The third-order valence-corrected chi connectivity index (χ3v) is 12.3. The number of carbonyl (C=O) groups is 6. The molecule has 0 saturated heterocycles. The van der Waals surface area contributed by atoms with Gasteiger partial charge in [0.15, 0.2) is 23.0 Å². The molecule has 3 aliphatic heterocycles. The van der Waals surface area contributed by atoms with Gasteiger partial charge < -0.3 is 37.0 Å². The van der Waals surface area contributed by atoms with Crippen molar-refractivity contribution in [3.05, 3.63) is 106 Å². The summed E-state index contributed by atoms with van der Waals surface area (Å²) in [5, 5.41) is 36.6. The minimum atomic E-state index is -1.05. The summed E-state index contributed by atoms with van der Waals surface area (Å²) in [5.41, 5.74) is 2.95. The van der Waals surface area contributed by atoms with E-state index in [4.69, 9.17) is 28.6 Å². The third-order valence-electron chi connectivity index (χ3n) is 10.8.